The van der Waals surface area contributed by atoms with Gasteiger partial charge in [-0.05, 0) is 23.3 Å². The molecule has 3 aromatic carbocycles. The molecule has 10 heteroatoms. The Balaban J connectivity index is 1.60. The molecule has 0 unspecified atom stereocenters. The maximum atomic E-state index is 13.5. The normalized spacial score (nSPS) is 21.0. The molecule has 0 saturated carbocycles. The highest BCUT2D eigenvalue weighted by Crippen LogP contribution is 2.42. The predicted octanol–water partition coefficient (Wildman–Crippen LogP) is 3.80. The number of fused-ring (bicyclic) bond motifs is 1. The molecular weight excluding hydrogens is 474 g/mol. The van der Waals surface area contributed by atoms with E-state index < -0.39 is 34.4 Å². The summed E-state index contributed by atoms with van der Waals surface area (Å²) < 4.78 is 38.8. The van der Waals surface area contributed by atoms with E-state index in [1.54, 1.807) is 12.1 Å². The van der Waals surface area contributed by atoms with Crippen molar-refractivity contribution in [1.29, 1.82) is 0 Å². The van der Waals surface area contributed by atoms with E-state index in [0.29, 0.717) is 16.6 Å². The lowest BCUT2D eigenvalue weighted by atomic mass is 10.0. The summed E-state index contributed by atoms with van der Waals surface area (Å²) in [4.78, 5) is 19.7. The number of esters is 1. The summed E-state index contributed by atoms with van der Waals surface area (Å²) in [7, 11) is -2.82. The van der Waals surface area contributed by atoms with Crippen molar-refractivity contribution in [2.75, 3.05) is 7.11 Å². The van der Waals surface area contributed by atoms with Crippen LogP contribution in [0.15, 0.2) is 89.3 Å². The monoisotopic (exact) mass is 495 g/mol. The molecule has 0 spiro atoms. The molecule has 3 atom stereocenters. The first-order valence-electron chi connectivity index (χ1n) is 10.5. The molecule has 5 rings (SSSR count). The lowest BCUT2D eigenvalue weighted by Gasteiger charge is -2.28. The largest absolute Gasteiger partial charge is 0.467 e. The van der Waals surface area contributed by atoms with Gasteiger partial charge in [-0.3, -0.25) is 0 Å². The molecule has 1 fully saturated rings. The fourth-order valence-corrected chi connectivity index (χ4v) is 6.26. The van der Waals surface area contributed by atoms with Gasteiger partial charge in [0.2, 0.25) is 4.34 Å². The van der Waals surface area contributed by atoms with Gasteiger partial charge in [-0.1, -0.05) is 72.8 Å². The van der Waals surface area contributed by atoms with Crippen LogP contribution >= 0.6 is 11.3 Å². The van der Waals surface area contributed by atoms with Gasteiger partial charge in [0.25, 0.3) is 10.0 Å². The molecule has 1 aliphatic rings. The van der Waals surface area contributed by atoms with Crippen LogP contribution in [0.4, 0.5) is 0 Å². The van der Waals surface area contributed by atoms with Crippen molar-refractivity contribution in [3.8, 4) is 0 Å². The average Bonchev–Trinajstić information content (AvgIpc) is 3.47. The number of ether oxygens (including phenoxy) is 2. The SMILES string of the molecule is COC(=O)[C@@H]1O[C@@H](c2ccccc2)N(NS(=O)(=O)c2nc3ccccc3s2)[C@H]1c1ccccc1. The van der Waals surface area contributed by atoms with Gasteiger partial charge < -0.3 is 9.47 Å². The number of para-hydroxylation sites is 1. The third kappa shape index (κ3) is 4.22. The molecular formula is C24H21N3O5S2. The number of methoxy groups -OCH3 is 1. The second-order valence-corrected chi connectivity index (χ2v) is 10.5. The van der Waals surface area contributed by atoms with Crippen LogP contribution in [0.1, 0.15) is 23.4 Å². The number of aromatic nitrogens is 1. The van der Waals surface area contributed by atoms with Crippen LogP contribution in [0.25, 0.3) is 10.2 Å². The summed E-state index contributed by atoms with van der Waals surface area (Å²) in [6.07, 6.45) is -1.93. The zero-order valence-corrected chi connectivity index (χ0v) is 19.7. The minimum atomic E-state index is -4.09. The van der Waals surface area contributed by atoms with Crippen molar-refractivity contribution in [2.45, 2.75) is 22.7 Å². The molecule has 174 valence electrons. The number of rotatable bonds is 6. The first-order chi connectivity index (χ1) is 16.5. The Bertz CT molecular complexity index is 1380. The molecule has 2 heterocycles. The summed E-state index contributed by atoms with van der Waals surface area (Å²) in [6.45, 7) is 0. The second kappa shape index (κ2) is 9.24. The van der Waals surface area contributed by atoms with E-state index in [1.807, 2.05) is 72.8 Å². The summed E-state index contributed by atoms with van der Waals surface area (Å²) in [6, 6.07) is 24.7. The number of thiazole rings is 1. The minimum Gasteiger partial charge on any atom is -0.467 e. The van der Waals surface area contributed by atoms with E-state index in [-0.39, 0.29) is 4.34 Å². The molecule has 1 aromatic heterocycles. The van der Waals surface area contributed by atoms with Crippen molar-refractivity contribution in [2.24, 2.45) is 0 Å². The van der Waals surface area contributed by atoms with Crippen LogP contribution in [-0.4, -0.2) is 37.6 Å². The molecule has 8 nitrogen and oxygen atoms in total. The van der Waals surface area contributed by atoms with Crippen LogP contribution in [0.2, 0.25) is 0 Å². The number of carbonyl (C=O) groups is 1. The number of sulfonamides is 1. The molecule has 1 N–H and O–H groups in total. The molecule has 34 heavy (non-hydrogen) atoms. The number of nitrogens with zero attached hydrogens (tertiary/aromatic N) is 2. The van der Waals surface area contributed by atoms with Gasteiger partial charge >= 0.3 is 5.97 Å². The van der Waals surface area contributed by atoms with Crippen LogP contribution in [0, 0.1) is 0 Å². The highest BCUT2D eigenvalue weighted by atomic mass is 32.2. The Morgan fingerprint density at radius 2 is 1.59 bits per heavy atom. The van der Waals surface area contributed by atoms with Crippen molar-refractivity contribution < 1.29 is 22.7 Å². The third-order valence-corrected chi connectivity index (χ3v) is 8.25. The van der Waals surface area contributed by atoms with E-state index in [1.165, 1.54) is 12.1 Å². The molecule has 4 aromatic rings. The van der Waals surface area contributed by atoms with E-state index >= 15 is 0 Å². The van der Waals surface area contributed by atoms with Crippen LogP contribution < -0.4 is 4.83 Å². The number of hydrazine groups is 1. The van der Waals surface area contributed by atoms with E-state index in [0.717, 1.165) is 16.0 Å². The van der Waals surface area contributed by atoms with Crippen molar-refractivity contribution in [3.63, 3.8) is 0 Å². The van der Waals surface area contributed by atoms with Gasteiger partial charge in [0, 0.05) is 0 Å². The zero-order chi connectivity index (χ0) is 23.7. The van der Waals surface area contributed by atoms with E-state index in [9.17, 15) is 13.2 Å². The quantitative estimate of drug-likeness (QED) is 0.406. The van der Waals surface area contributed by atoms with Gasteiger partial charge in [-0.15, -0.1) is 16.2 Å². The molecule has 0 aliphatic carbocycles. The number of nitrogens with one attached hydrogen (secondary N) is 1. The first-order valence-corrected chi connectivity index (χ1v) is 12.8. The Hall–Kier alpha value is -3.15. The summed E-state index contributed by atoms with van der Waals surface area (Å²) in [5, 5.41) is 1.45. The second-order valence-electron chi connectivity index (χ2n) is 7.65. The zero-order valence-electron chi connectivity index (χ0n) is 18.1. The number of hydrogen-bond acceptors (Lipinski definition) is 8. The van der Waals surface area contributed by atoms with Crippen molar-refractivity contribution in [3.05, 3.63) is 96.1 Å². The summed E-state index contributed by atoms with van der Waals surface area (Å²) in [5.41, 5.74) is 1.97. The first kappa shape index (κ1) is 22.6. The third-order valence-electron chi connectivity index (χ3n) is 5.50. The Morgan fingerprint density at radius 3 is 2.24 bits per heavy atom. The predicted molar refractivity (Wildman–Crippen MR) is 127 cm³/mol. The topological polar surface area (TPSA) is 97.8 Å². The van der Waals surface area contributed by atoms with Crippen molar-refractivity contribution in [1.82, 2.24) is 14.8 Å². The van der Waals surface area contributed by atoms with Crippen LogP contribution in [0.3, 0.4) is 0 Å². The van der Waals surface area contributed by atoms with Crippen LogP contribution in [-0.2, 0) is 24.3 Å². The average molecular weight is 496 g/mol. The van der Waals surface area contributed by atoms with Gasteiger partial charge in [-0.2, -0.15) is 5.01 Å². The van der Waals surface area contributed by atoms with Crippen LogP contribution in [0.5, 0.6) is 0 Å². The minimum absolute atomic E-state index is 0.0751. The molecule has 0 radical (unpaired) electrons. The fourth-order valence-electron chi connectivity index (χ4n) is 3.96. The number of carbonyl (C=O) groups excluding carboxylic acids is 1. The highest BCUT2D eigenvalue weighted by molar-refractivity contribution is 7.91. The summed E-state index contributed by atoms with van der Waals surface area (Å²) >= 11 is 1.07. The molecule has 1 aliphatic heterocycles. The molecule has 0 amide bonds. The number of hydrogen-bond donors (Lipinski definition) is 1. The highest BCUT2D eigenvalue weighted by Gasteiger charge is 2.49. The summed E-state index contributed by atoms with van der Waals surface area (Å²) in [5.74, 6) is -0.600. The molecule has 1 saturated heterocycles. The van der Waals surface area contributed by atoms with E-state index in [4.69, 9.17) is 9.47 Å². The smallest absolute Gasteiger partial charge is 0.337 e. The Morgan fingerprint density at radius 1 is 0.971 bits per heavy atom. The maximum Gasteiger partial charge on any atom is 0.337 e. The maximum absolute atomic E-state index is 13.5. The van der Waals surface area contributed by atoms with E-state index in [2.05, 4.69) is 9.82 Å². The molecule has 0 bridgehead atoms. The van der Waals surface area contributed by atoms with Gasteiger partial charge in [0.15, 0.2) is 12.3 Å². The standard InChI is InChI=1S/C24H21N3O5S2/c1-31-23(28)21-20(16-10-4-2-5-11-16)27(22(32-21)17-12-6-3-7-13-17)26-34(29,30)24-25-18-14-8-9-15-19(18)33-24/h2-15,20-22,26H,1H3/t20-,21+,22-/m0/s1. The lowest BCUT2D eigenvalue weighted by Crippen LogP contribution is -2.45. The van der Waals surface area contributed by atoms with Gasteiger partial charge in [0.1, 0.15) is 0 Å². The Kier molecular flexibility index (Phi) is 6.15. The number of benzene rings is 3. The fraction of sp³-hybridized carbons (Fsp3) is 0.167. The van der Waals surface area contributed by atoms with Gasteiger partial charge in [0.05, 0.1) is 23.4 Å². The lowest BCUT2D eigenvalue weighted by molar-refractivity contribution is -0.154. The van der Waals surface area contributed by atoms with Gasteiger partial charge in [-0.25, -0.2) is 18.2 Å². The Labute approximate surface area is 200 Å². The van der Waals surface area contributed by atoms with Crippen molar-refractivity contribution >= 4 is 37.5 Å².